The van der Waals surface area contributed by atoms with Crippen molar-refractivity contribution in [1.29, 1.82) is 0 Å². The topological polar surface area (TPSA) is 95.1 Å². The molecule has 0 saturated heterocycles. The zero-order valence-electron chi connectivity index (χ0n) is 18.5. The quantitative estimate of drug-likeness (QED) is 0.371. The van der Waals surface area contributed by atoms with E-state index in [0.29, 0.717) is 45.7 Å². The molecule has 3 aromatic carbocycles. The molecule has 5 rings (SSSR count). The van der Waals surface area contributed by atoms with E-state index in [0.717, 1.165) is 17.0 Å². The Morgan fingerprint density at radius 3 is 2.41 bits per heavy atom. The molecule has 2 heterocycles. The van der Waals surface area contributed by atoms with Gasteiger partial charge in [-0.3, -0.25) is 9.36 Å². The van der Waals surface area contributed by atoms with Crippen molar-refractivity contribution in [2.24, 2.45) is 0 Å². The number of methoxy groups -OCH3 is 1. The van der Waals surface area contributed by atoms with Gasteiger partial charge in [0.05, 0.1) is 18.1 Å². The van der Waals surface area contributed by atoms with Gasteiger partial charge < -0.3 is 15.8 Å². The molecule has 0 saturated carbocycles. The van der Waals surface area contributed by atoms with Gasteiger partial charge >= 0.3 is 0 Å². The van der Waals surface area contributed by atoms with Crippen molar-refractivity contribution in [3.63, 3.8) is 0 Å². The third-order valence-corrected chi connectivity index (χ3v) is 5.93. The number of carbonyl (C=O) groups excluding carboxylic acids is 1. The Labute approximate surface area is 201 Å². The molecule has 3 N–H and O–H groups in total. The molecule has 170 valence electrons. The molecule has 0 bridgehead atoms. The Bertz CT molecular complexity index is 1510. The highest BCUT2D eigenvalue weighted by atomic mass is 35.5. The highest BCUT2D eigenvalue weighted by Crippen LogP contribution is 2.31. The molecule has 0 spiro atoms. The van der Waals surface area contributed by atoms with Crippen LogP contribution in [0.1, 0.15) is 15.9 Å². The summed E-state index contributed by atoms with van der Waals surface area (Å²) in [7, 11) is 1.63. The van der Waals surface area contributed by atoms with E-state index < -0.39 is 0 Å². The molecular weight excluding hydrogens is 450 g/mol. The molecule has 0 aliphatic rings. The van der Waals surface area contributed by atoms with Crippen LogP contribution in [-0.4, -0.2) is 34.1 Å². The molecule has 0 fully saturated rings. The number of fused-ring (bicyclic) bond motifs is 2. The van der Waals surface area contributed by atoms with Crippen LogP contribution in [0.15, 0.2) is 72.8 Å². The van der Waals surface area contributed by atoms with Crippen molar-refractivity contribution in [1.82, 2.24) is 19.9 Å². The van der Waals surface area contributed by atoms with Gasteiger partial charge in [-0.25, -0.2) is 9.97 Å². The molecule has 0 aliphatic carbocycles. The number of nitrogens with one attached hydrogen (secondary N) is 1. The standard InChI is InChI=1S/C26H22ClN5O2/c1-34-21-9-5-2-6-16(21)14-15-29-26(33)22-23-25(31-20-8-4-3-7-19(20)30-23)32(24(22)28)18-12-10-17(27)11-13-18/h2-13H,14-15,28H2,1H3,(H,29,33). The van der Waals surface area contributed by atoms with E-state index in [1.807, 2.05) is 60.7 Å². The van der Waals surface area contributed by atoms with E-state index in [1.54, 1.807) is 23.8 Å². The van der Waals surface area contributed by atoms with Crippen LogP contribution in [-0.2, 0) is 6.42 Å². The van der Waals surface area contributed by atoms with Crippen molar-refractivity contribution < 1.29 is 9.53 Å². The average Bonchev–Trinajstić information content (AvgIpc) is 3.14. The number of ether oxygens (including phenoxy) is 1. The Morgan fingerprint density at radius 1 is 1.00 bits per heavy atom. The molecule has 5 aromatic rings. The van der Waals surface area contributed by atoms with Crippen LogP contribution in [0.5, 0.6) is 5.75 Å². The molecule has 0 aliphatic heterocycles. The van der Waals surface area contributed by atoms with E-state index in [9.17, 15) is 4.79 Å². The van der Waals surface area contributed by atoms with Crippen LogP contribution in [0, 0.1) is 0 Å². The Kier molecular flexibility index (Phi) is 5.77. The summed E-state index contributed by atoms with van der Waals surface area (Å²) in [5, 5.41) is 3.58. The zero-order valence-corrected chi connectivity index (χ0v) is 19.2. The fourth-order valence-corrected chi connectivity index (χ4v) is 4.17. The molecule has 0 unspecified atom stereocenters. The van der Waals surface area contributed by atoms with Gasteiger partial charge in [0.2, 0.25) is 0 Å². The predicted molar refractivity (Wildman–Crippen MR) is 135 cm³/mol. The molecule has 2 aromatic heterocycles. The highest BCUT2D eigenvalue weighted by Gasteiger charge is 2.24. The third-order valence-electron chi connectivity index (χ3n) is 5.68. The Balaban J connectivity index is 1.55. The number of amides is 1. The first-order valence-electron chi connectivity index (χ1n) is 10.8. The lowest BCUT2D eigenvalue weighted by atomic mass is 10.1. The second kappa shape index (κ2) is 9.03. The SMILES string of the molecule is COc1ccccc1CCNC(=O)c1c(N)n(-c2ccc(Cl)cc2)c2nc3ccccc3nc12. The van der Waals surface area contributed by atoms with Crippen LogP contribution >= 0.6 is 11.6 Å². The maximum absolute atomic E-state index is 13.3. The van der Waals surface area contributed by atoms with Gasteiger partial charge in [-0.15, -0.1) is 0 Å². The largest absolute Gasteiger partial charge is 0.496 e. The van der Waals surface area contributed by atoms with Gasteiger partial charge in [0.15, 0.2) is 5.65 Å². The monoisotopic (exact) mass is 471 g/mol. The summed E-state index contributed by atoms with van der Waals surface area (Å²) < 4.78 is 7.14. The maximum Gasteiger partial charge on any atom is 0.257 e. The van der Waals surface area contributed by atoms with Gasteiger partial charge in [0.25, 0.3) is 5.91 Å². The van der Waals surface area contributed by atoms with Gasteiger partial charge in [-0.2, -0.15) is 0 Å². The van der Waals surface area contributed by atoms with Gasteiger partial charge in [-0.1, -0.05) is 41.9 Å². The van der Waals surface area contributed by atoms with E-state index in [-0.39, 0.29) is 11.7 Å². The molecule has 0 atom stereocenters. The lowest BCUT2D eigenvalue weighted by Gasteiger charge is -2.10. The van der Waals surface area contributed by atoms with Gasteiger partial charge in [0, 0.05) is 17.3 Å². The fraction of sp³-hybridized carbons (Fsp3) is 0.115. The molecule has 7 nitrogen and oxygen atoms in total. The lowest BCUT2D eigenvalue weighted by Crippen LogP contribution is -2.26. The van der Waals surface area contributed by atoms with Gasteiger partial charge in [-0.05, 0) is 54.4 Å². The molecule has 0 radical (unpaired) electrons. The first-order valence-corrected chi connectivity index (χ1v) is 11.2. The number of nitrogen functional groups attached to an aromatic ring is 1. The number of carbonyl (C=O) groups is 1. The molecule has 8 heteroatoms. The minimum Gasteiger partial charge on any atom is -0.496 e. The minimum absolute atomic E-state index is 0.266. The maximum atomic E-state index is 13.3. The normalized spacial score (nSPS) is 11.1. The highest BCUT2D eigenvalue weighted by molar-refractivity contribution is 6.30. The number of rotatable bonds is 6. The summed E-state index contributed by atoms with van der Waals surface area (Å²) in [6, 6.07) is 22.4. The lowest BCUT2D eigenvalue weighted by molar-refractivity contribution is 0.0956. The predicted octanol–water partition coefficient (Wildman–Crippen LogP) is 4.79. The number of benzene rings is 3. The summed E-state index contributed by atoms with van der Waals surface area (Å²) >= 11 is 6.08. The number of halogens is 1. The van der Waals surface area contributed by atoms with Crippen LogP contribution in [0.25, 0.3) is 27.9 Å². The van der Waals surface area contributed by atoms with Crippen LogP contribution in [0.3, 0.4) is 0 Å². The van der Waals surface area contributed by atoms with Crippen LogP contribution < -0.4 is 15.8 Å². The number of para-hydroxylation sites is 3. The minimum atomic E-state index is -0.310. The summed E-state index contributed by atoms with van der Waals surface area (Å²) in [4.78, 5) is 22.9. The first-order chi connectivity index (χ1) is 16.6. The number of nitrogens with zero attached hydrogens (tertiary/aromatic N) is 3. The summed E-state index contributed by atoms with van der Waals surface area (Å²) in [5.74, 6) is 0.741. The second-order valence-electron chi connectivity index (χ2n) is 7.77. The van der Waals surface area contributed by atoms with Crippen molar-refractivity contribution in [3.8, 4) is 11.4 Å². The van der Waals surface area contributed by atoms with Crippen molar-refractivity contribution >= 4 is 45.5 Å². The summed E-state index contributed by atoms with van der Waals surface area (Å²) in [5.41, 5.74) is 10.9. The Hall–Kier alpha value is -4.10. The fourth-order valence-electron chi connectivity index (χ4n) is 4.05. The first kappa shape index (κ1) is 21.7. The smallest absolute Gasteiger partial charge is 0.257 e. The second-order valence-corrected chi connectivity index (χ2v) is 8.21. The third kappa shape index (κ3) is 3.91. The Morgan fingerprint density at radius 2 is 1.68 bits per heavy atom. The van der Waals surface area contributed by atoms with Crippen molar-refractivity contribution in [2.45, 2.75) is 6.42 Å². The van der Waals surface area contributed by atoms with Crippen molar-refractivity contribution in [2.75, 3.05) is 19.4 Å². The summed E-state index contributed by atoms with van der Waals surface area (Å²) in [6.45, 7) is 0.410. The van der Waals surface area contributed by atoms with Crippen LogP contribution in [0.4, 0.5) is 5.82 Å². The number of anilines is 1. The average molecular weight is 472 g/mol. The van der Waals surface area contributed by atoms with E-state index >= 15 is 0 Å². The molecular formula is C26H22ClN5O2. The summed E-state index contributed by atoms with van der Waals surface area (Å²) in [6.07, 6.45) is 0.611. The van der Waals surface area contributed by atoms with Crippen LogP contribution in [0.2, 0.25) is 5.02 Å². The zero-order chi connectivity index (χ0) is 23.7. The molecule has 1 amide bonds. The van der Waals surface area contributed by atoms with E-state index in [4.69, 9.17) is 32.0 Å². The van der Waals surface area contributed by atoms with E-state index in [1.165, 1.54) is 0 Å². The molecule has 34 heavy (non-hydrogen) atoms. The number of hydrogen-bond donors (Lipinski definition) is 2. The number of aromatic nitrogens is 3. The van der Waals surface area contributed by atoms with Crippen molar-refractivity contribution in [3.05, 3.63) is 88.9 Å². The number of nitrogens with two attached hydrogens (primary N) is 1. The van der Waals surface area contributed by atoms with Gasteiger partial charge in [0.1, 0.15) is 22.6 Å². The number of hydrogen-bond acceptors (Lipinski definition) is 5. The van der Waals surface area contributed by atoms with E-state index in [2.05, 4.69) is 5.32 Å².